The van der Waals surface area contributed by atoms with Gasteiger partial charge in [-0.3, -0.25) is 0 Å². The SMILES string of the molecule is COc1ccc(Nc2c(Nc3cc(C)c(Cl)cc3OC)c(N)c3c(Nc4cc(Cl)ccc4OC)c(Nc4ccccc4I)c(NCc4cccc(OC)c4OC)c(NCc4c(F)cccc4F)c3c2Br)c(OC)c1. The molecule has 0 amide bonds. The van der Waals surface area contributed by atoms with Gasteiger partial charge in [-0.15, -0.1) is 0 Å². The Balaban J connectivity index is 1.56. The number of nitrogen functional groups attached to an aromatic ring is 1. The van der Waals surface area contributed by atoms with Crippen LogP contribution in [0.5, 0.6) is 34.5 Å². The van der Waals surface area contributed by atoms with Crippen molar-refractivity contribution >= 4 is 135 Å². The van der Waals surface area contributed by atoms with Gasteiger partial charge in [-0.05, 0) is 118 Å². The predicted molar refractivity (Wildman–Crippen MR) is 309 cm³/mol. The lowest BCUT2D eigenvalue weighted by Gasteiger charge is -2.30. The van der Waals surface area contributed by atoms with Gasteiger partial charge in [-0.2, -0.15) is 0 Å². The number of rotatable bonds is 20. The quantitative estimate of drug-likeness (QED) is 0.0286. The van der Waals surface area contributed by atoms with Crippen molar-refractivity contribution < 1.29 is 37.2 Å². The molecule has 384 valence electrons. The van der Waals surface area contributed by atoms with E-state index in [9.17, 15) is 0 Å². The number of para-hydroxylation sites is 2. The molecule has 0 fully saturated rings. The lowest BCUT2D eigenvalue weighted by Crippen LogP contribution is -2.14. The number of aryl methyl sites for hydroxylation is 1. The second kappa shape index (κ2) is 23.5. The van der Waals surface area contributed by atoms with Crippen molar-refractivity contribution in [3.05, 3.63) is 156 Å². The van der Waals surface area contributed by atoms with Crippen molar-refractivity contribution in [2.45, 2.75) is 20.0 Å². The van der Waals surface area contributed by atoms with Crippen molar-refractivity contribution in [1.29, 1.82) is 0 Å². The molecule has 0 heterocycles. The minimum atomic E-state index is -0.743. The Morgan fingerprint density at radius 2 is 1.18 bits per heavy atom. The third kappa shape index (κ3) is 11.0. The third-order valence-electron chi connectivity index (χ3n) is 12.1. The van der Waals surface area contributed by atoms with Crippen LogP contribution in [0.3, 0.4) is 0 Å². The Kier molecular flexibility index (Phi) is 17.0. The van der Waals surface area contributed by atoms with E-state index in [1.54, 1.807) is 85.1 Å². The second-order valence-electron chi connectivity index (χ2n) is 16.5. The summed E-state index contributed by atoms with van der Waals surface area (Å²) in [5.74, 6) is 1.40. The highest BCUT2D eigenvalue weighted by Crippen LogP contribution is 2.58. The number of hydrogen-bond donors (Lipinski definition) is 7. The fourth-order valence-electron chi connectivity index (χ4n) is 8.45. The predicted octanol–water partition coefficient (Wildman–Crippen LogP) is 15.9. The molecule has 8 rings (SSSR count). The van der Waals surface area contributed by atoms with Crippen molar-refractivity contribution in [3.8, 4) is 34.5 Å². The topological polar surface area (TPSA) is 154 Å². The minimum Gasteiger partial charge on any atom is -0.497 e. The van der Waals surface area contributed by atoms with Crippen molar-refractivity contribution in [3.63, 3.8) is 0 Å². The largest absolute Gasteiger partial charge is 0.497 e. The summed E-state index contributed by atoms with van der Waals surface area (Å²) in [5, 5.41) is 23.6. The van der Waals surface area contributed by atoms with Gasteiger partial charge in [-0.25, -0.2) is 8.78 Å². The Labute approximate surface area is 459 Å². The van der Waals surface area contributed by atoms with Crippen LogP contribution in [-0.2, 0) is 13.1 Å². The molecule has 8 aromatic carbocycles. The van der Waals surface area contributed by atoms with E-state index >= 15 is 8.78 Å². The maximum absolute atomic E-state index is 15.8. The smallest absolute Gasteiger partial charge is 0.165 e. The molecule has 0 atom stereocenters. The van der Waals surface area contributed by atoms with Gasteiger partial charge >= 0.3 is 0 Å². The zero-order valence-electron chi connectivity index (χ0n) is 41.1. The van der Waals surface area contributed by atoms with E-state index in [4.69, 9.17) is 57.4 Å². The van der Waals surface area contributed by atoms with E-state index in [1.807, 2.05) is 55.5 Å². The van der Waals surface area contributed by atoms with E-state index < -0.39 is 11.6 Å². The summed E-state index contributed by atoms with van der Waals surface area (Å²) in [5.41, 5.74) is 14.0. The number of methoxy groups -OCH3 is 6. The number of anilines is 11. The van der Waals surface area contributed by atoms with Gasteiger partial charge in [0.15, 0.2) is 11.5 Å². The zero-order valence-corrected chi connectivity index (χ0v) is 46.4. The second-order valence-corrected chi connectivity index (χ2v) is 19.3. The number of fused-ring (bicyclic) bond motifs is 1. The number of benzene rings is 8. The van der Waals surface area contributed by atoms with Crippen molar-refractivity contribution in [2.24, 2.45) is 0 Å². The minimum absolute atomic E-state index is 0.145. The van der Waals surface area contributed by atoms with E-state index in [0.29, 0.717) is 117 Å². The summed E-state index contributed by atoms with van der Waals surface area (Å²) in [6, 6.07) is 31.2. The van der Waals surface area contributed by atoms with E-state index in [2.05, 4.69) is 70.4 Å². The Hall–Kier alpha value is -6.93. The first-order chi connectivity index (χ1) is 35.7. The van der Waals surface area contributed by atoms with Crippen molar-refractivity contribution in [2.75, 3.05) is 80.3 Å². The molecule has 0 unspecified atom stereocenters. The van der Waals surface area contributed by atoms with Gasteiger partial charge in [0.1, 0.15) is 34.6 Å². The zero-order chi connectivity index (χ0) is 52.8. The van der Waals surface area contributed by atoms with E-state index in [-0.39, 0.29) is 24.3 Å². The van der Waals surface area contributed by atoms with Crippen LogP contribution in [0.25, 0.3) is 10.8 Å². The monoisotopic (exact) mass is 1220 g/mol. The number of nitrogens with one attached hydrogen (secondary N) is 6. The first-order valence-corrected chi connectivity index (χ1v) is 25.3. The maximum atomic E-state index is 15.8. The standard InChI is InChI=1S/C55H51BrCl2F2IN7O6/c1-28-22-39(44(73-6)25-33(28)58)68-52-48(62)46-45(47(56)51(52)66-38-20-19-31(69-2)24-43(38)72-5)49(64-27-32-34(59)13-11-14-35(32)60)53(63-26-29-12-10-17-42(71-4)55(29)74-7)54(65-37-16-9-8-15-36(37)61)50(46)67-40-23-30(57)18-21-41(40)70-3/h8-25,63-68H,26-27,62H2,1-7H3. The number of halogens is 6. The molecule has 0 aromatic heterocycles. The molecule has 8 N–H and O–H groups in total. The van der Waals surface area contributed by atoms with Crippen LogP contribution in [0.15, 0.2) is 114 Å². The number of hydrogen-bond acceptors (Lipinski definition) is 13. The lowest BCUT2D eigenvalue weighted by molar-refractivity contribution is 0.352. The molecule has 0 bridgehead atoms. The molecular formula is C55H51BrCl2F2IN7O6. The van der Waals surface area contributed by atoms with Gasteiger partial charge in [0.2, 0.25) is 0 Å². The van der Waals surface area contributed by atoms with Crippen LogP contribution in [0.1, 0.15) is 16.7 Å². The highest BCUT2D eigenvalue weighted by molar-refractivity contribution is 14.1. The van der Waals surface area contributed by atoms with Crippen LogP contribution in [0, 0.1) is 22.1 Å². The van der Waals surface area contributed by atoms with Gasteiger partial charge in [0.25, 0.3) is 0 Å². The van der Waals surface area contributed by atoms with Crippen LogP contribution >= 0.6 is 61.7 Å². The van der Waals surface area contributed by atoms with Gasteiger partial charge < -0.3 is 66.1 Å². The summed E-state index contributed by atoms with van der Waals surface area (Å²) in [6.07, 6.45) is 0. The molecule has 13 nitrogen and oxygen atoms in total. The molecule has 0 saturated heterocycles. The number of ether oxygens (including phenoxy) is 6. The molecule has 0 aliphatic carbocycles. The molecular weight excluding hydrogens is 1170 g/mol. The van der Waals surface area contributed by atoms with Gasteiger partial charge in [0.05, 0.1) is 110 Å². The van der Waals surface area contributed by atoms with Crippen molar-refractivity contribution in [1.82, 2.24) is 0 Å². The third-order valence-corrected chi connectivity index (χ3v) is 14.5. The molecule has 19 heteroatoms. The average Bonchev–Trinajstić information content (AvgIpc) is 3.40. The van der Waals surface area contributed by atoms with Crippen LogP contribution in [0.2, 0.25) is 10.0 Å². The average molecular weight is 1220 g/mol. The Bertz CT molecular complexity index is 3390. The highest BCUT2D eigenvalue weighted by Gasteiger charge is 2.31. The van der Waals surface area contributed by atoms with Crippen LogP contribution in [0.4, 0.5) is 71.3 Å². The fourth-order valence-corrected chi connectivity index (χ4v) is 9.99. The normalized spacial score (nSPS) is 10.9. The van der Waals surface area contributed by atoms with Gasteiger partial charge in [0, 0.05) is 60.7 Å². The van der Waals surface area contributed by atoms with E-state index in [0.717, 1.165) is 14.7 Å². The lowest BCUT2D eigenvalue weighted by atomic mass is 9.97. The molecule has 0 radical (unpaired) electrons. The summed E-state index contributed by atoms with van der Waals surface area (Å²) >= 11 is 19.8. The first kappa shape index (κ1) is 53.4. The van der Waals surface area contributed by atoms with Gasteiger partial charge in [-0.1, -0.05) is 53.5 Å². The Morgan fingerprint density at radius 1 is 0.541 bits per heavy atom. The summed E-state index contributed by atoms with van der Waals surface area (Å²) in [6.45, 7) is 1.71. The fraction of sp³-hybridized carbons (Fsp3) is 0.164. The molecule has 74 heavy (non-hydrogen) atoms. The van der Waals surface area contributed by atoms with Crippen LogP contribution < -0.4 is 66.1 Å². The maximum Gasteiger partial charge on any atom is 0.165 e. The van der Waals surface area contributed by atoms with E-state index in [1.165, 1.54) is 18.2 Å². The summed E-state index contributed by atoms with van der Waals surface area (Å²) in [4.78, 5) is 0. The molecule has 0 saturated carbocycles. The molecule has 8 aromatic rings. The molecule has 0 aliphatic rings. The molecule has 0 spiro atoms. The van der Waals surface area contributed by atoms with Crippen LogP contribution in [-0.4, -0.2) is 42.7 Å². The highest BCUT2D eigenvalue weighted by atomic mass is 127. The Morgan fingerprint density at radius 3 is 1.86 bits per heavy atom. The molecule has 0 aliphatic heterocycles. The summed E-state index contributed by atoms with van der Waals surface area (Å²) in [7, 11) is 9.35. The first-order valence-electron chi connectivity index (χ1n) is 22.7. The number of nitrogens with two attached hydrogens (primary N) is 1. The summed E-state index contributed by atoms with van der Waals surface area (Å²) < 4.78 is 67.8.